The largest absolute Gasteiger partial charge is 0.519 e. The molecule has 2 aromatic heterocycles. The molecule has 2 rings (SSSR count). The van der Waals surface area contributed by atoms with E-state index in [1.165, 1.54) is 36.5 Å². The minimum absolute atomic E-state index is 0.0246. The zero-order valence-corrected chi connectivity index (χ0v) is 60.2. The van der Waals surface area contributed by atoms with Gasteiger partial charge in [0.1, 0.15) is 29.2 Å². The molecule has 532 valence electrons. The van der Waals surface area contributed by atoms with Crippen LogP contribution in [0.1, 0.15) is 177 Å². The summed E-state index contributed by atoms with van der Waals surface area (Å²) in [6.45, 7) is 7.34. The molecule has 0 aliphatic rings. The molecule has 4 atom stereocenters. The van der Waals surface area contributed by atoms with Gasteiger partial charge in [0.2, 0.25) is 23.6 Å². The summed E-state index contributed by atoms with van der Waals surface area (Å²) < 4.78 is 28.8. The SMILES string of the molecule is CC(=O)C[C@H](NC(C)=O)C(=O)CCCN(CCCCCCSSc1ccc(C(=O)CCCC(=O)CCCOCCOCC(=O)N[C@@H](CCCC[N+](C)(C)C)C(=O)C[C@@H](CCCC[N+](C)(C)C)C(=O)N[C@@H](CCCC[N+](C)(C)C)C(N)=O)cn1)C(=O)OCc1oc(=O)oc1C. The molecular formula is C67H114N9O16S2+3. The molecule has 0 saturated heterocycles. The molecule has 0 aliphatic carbocycles. The van der Waals surface area contributed by atoms with Crippen molar-refractivity contribution in [2.24, 2.45) is 11.7 Å². The third-order valence-electron chi connectivity index (χ3n) is 15.3. The molecule has 25 nitrogen and oxygen atoms in total. The second kappa shape index (κ2) is 45.6. The van der Waals surface area contributed by atoms with E-state index in [0.717, 1.165) is 82.4 Å². The minimum atomic E-state index is -0.937. The van der Waals surface area contributed by atoms with Crippen LogP contribution in [-0.2, 0) is 59.2 Å². The highest BCUT2D eigenvalue weighted by Gasteiger charge is 2.31. The number of hydrogen-bond donors (Lipinski definition) is 4. The van der Waals surface area contributed by atoms with Crippen LogP contribution in [0.4, 0.5) is 4.79 Å². The Balaban J connectivity index is 1.75. The van der Waals surface area contributed by atoms with Crippen molar-refractivity contribution in [3.63, 3.8) is 0 Å². The van der Waals surface area contributed by atoms with Crippen molar-refractivity contribution in [1.29, 1.82) is 0 Å². The van der Waals surface area contributed by atoms with Gasteiger partial charge in [-0.15, -0.1) is 0 Å². The molecule has 94 heavy (non-hydrogen) atoms. The van der Waals surface area contributed by atoms with E-state index >= 15 is 0 Å². The first-order valence-electron chi connectivity index (χ1n) is 33.3. The van der Waals surface area contributed by atoms with Gasteiger partial charge < -0.3 is 63.1 Å². The van der Waals surface area contributed by atoms with E-state index in [2.05, 4.69) is 84.4 Å². The second-order valence-corrected chi connectivity index (χ2v) is 29.9. The Morgan fingerprint density at radius 3 is 1.81 bits per heavy atom. The van der Waals surface area contributed by atoms with Gasteiger partial charge in [-0.3, -0.25) is 43.2 Å². The van der Waals surface area contributed by atoms with Gasteiger partial charge in [0.05, 0.1) is 108 Å². The number of rotatable bonds is 55. The molecule has 0 saturated carbocycles. The van der Waals surface area contributed by atoms with E-state index in [9.17, 15) is 52.7 Å². The van der Waals surface area contributed by atoms with Crippen LogP contribution in [0.3, 0.4) is 0 Å². The van der Waals surface area contributed by atoms with Gasteiger partial charge >= 0.3 is 11.9 Å². The van der Waals surface area contributed by atoms with Crippen LogP contribution in [0, 0.1) is 12.8 Å². The van der Waals surface area contributed by atoms with Gasteiger partial charge in [0.15, 0.2) is 35.5 Å². The number of pyridine rings is 1. The quantitative estimate of drug-likeness (QED) is 0.0222. The molecule has 0 aromatic carbocycles. The maximum absolute atomic E-state index is 14.1. The molecule has 0 radical (unpaired) electrons. The number of Topliss-reactive ketones (excluding diaryl/α,β-unsaturated/α-hetero) is 5. The fourth-order valence-electron chi connectivity index (χ4n) is 10.1. The Kier molecular flexibility index (Phi) is 40.8. The molecule has 27 heteroatoms. The third kappa shape index (κ3) is 41.2. The van der Waals surface area contributed by atoms with Gasteiger partial charge in [-0.25, -0.2) is 14.6 Å². The van der Waals surface area contributed by atoms with Crippen LogP contribution >= 0.6 is 21.6 Å². The number of carbonyl (C=O) groups is 10. The predicted octanol–water partition coefficient (Wildman–Crippen LogP) is 7.10. The molecule has 0 bridgehead atoms. The smallest absolute Gasteiger partial charge is 0.441 e. The van der Waals surface area contributed by atoms with E-state index in [-0.39, 0.29) is 118 Å². The topological polar surface area (TPSA) is 320 Å². The van der Waals surface area contributed by atoms with Crippen molar-refractivity contribution in [3.05, 3.63) is 46.0 Å². The van der Waals surface area contributed by atoms with Crippen molar-refractivity contribution >= 4 is 80.2 Å². The number of aromatic nitrogens is 1. The normalized spacial score (nSPS) is 13.1. The Bertz CT molecular complexity index is 2700. The standard InChI is InChI=1S/C67H111N9O16S2/c1-49(77)44-57(70-51(3)78)59(81)32-24-36-73(66(86)90-47-61-50(2)91-67(87)92-61)35-18-13-14-22-43-93-94-63-34-33-53(46-69-63)58(80)31-23-27-54(79)28-25-40-88-41-42-89-48-62(83)71-55(29-16-20-38-75(7,8)9)60(82)45-52(26-15-19-37-74(4,5)6)65(85)72-56(64(68)84)30-17-21-39-76(10,11)12/h33-34,46,52,55-57H,13-32,35-45,47-48H2,1-12H3,(H2-3,68,70,71,72,78,83,84,85)/p+3/t52-,55+,56+,57+/m1/s1. The number of ether oxygens (including phenoxy) is 3. The maximum atomic E-state index is 14.1. The third-order valence-corrected chi connectivity index (χ3v) is 17.7. The number of nitrogens with one attached hydrogen (secondary N) is 3. The highest BCUT2D eigenvalue weighted by atomic mass is 33.1. The van der Waals surface area contributed by atoms with Gasteiger partial charge in [-0.1, -0.05) is 23.6 Å². The summed E-state index contributed by atoms with van der Waals surface area (Å²) >= 11 is 0. The number of nitrogens with zero attached hydrogens (tertiary/aromatic N) is 5. The molecule has 2 heterocycles. The first-order valence-corrected chi connectivity index (χ1v) is 35.6. The number of nitrogens with two attached hydrogens (primary N) is 1. The predicted molar refractivity (Wildman–Crippen MR) is 362 cm³/mol. The summed E-state index contributed by atoms with van der Waals surface area (Å²) in [7, 11) is 22.0. The molecule has 2 aromatic rings. The number of primary amides is 1. The Hall–Kier alpha value is -5.84. The number of carbonyl (C=O) groups excluding carboxylic acids is 10. The zero-order chi connectivity index (χ0) is 70.3. The fraction of sp³-hybridized carbons (Fsp3) is 0.731. The summed E-state index contributed by atoms with van der Waals surface area (Å²) in [6.07, 6.45) is 11.8. The molecule has 0 fully saturated rings. The Morgan fingerprint density at radius 2 is 1.22 bits per heavy atom. The number of hydrogen-bond acceptors (Lipinski definition) is 19. The average Bonchev–Trinajstić information content (AvgIpc) is 1.57. The van der Waals surface area contributed by atoms with Crippen molar-refractivity contribution in [3.8, 4) is 0 Å². The van der Waals surface area contributed by atoms with Gasteiger partial charge in [0.25, 0.3) is 0 Å². The summed E-state index contributed by atoms with van der Waals surface area (Å²) in [5.41, 5.74) is 6.24. The Morgan fingerprint density at radius 1 is 0.617 bits per heavy atom. The van der Waals surface area contributed by atoms with Crippen LogP contribution in [-0.4, -0.2) is 228 Å². The summed E-state index contributed by atoms with van der Waals surface area (Å²) in [4.78, 5) is 146. The number of aryl methyl sites for hydroxylation is 1. The van der Waals surface area contributed by atoms with Crippen molar-refractivity contribution in [2.45, 2.75) is 192 Å². The lowest BCUT2D eigenvalue weighted by atomic mass is 9.90. The highest BCUT2D eigenvalue weighted by molar-refractivity contribution is 8.76. The number of amides is 5. The average molecular weight is 1370 g/mol. The van der Waals surface area contributed by atoms with Crippen molar-refractivity contribution < 1.29 is 84.4 Å². The molecule has 0 unspecified atom stereocenters. The van der Waals surface area contributed by atoms with Crippen molar-refractivity contribution in [2.75, 3.05) is 128 Å². The monoisotopic (exact) mass is 1360 g/mol. The van der Waals surface area contributed by atoms with Crippen LogP contribution in [0.15, 0.2) is 37.0 Å². The van der Waals surface area contributed by atoms with E-state index in [0.29, 0.717) is 82.9 Å². The fourth-order valence-corrected chi connectivity index (χ4v) is 12.1. The number of ketones is 5. The van der Waals surface area contributed by atoms with Gasteiger partial charge in [0, 0.05) is 88.6 Å². The van der Waals surface area contributed by atoms with E-state index in [1.54, 1.807) is 29.1 Å². The first-order chi connectivity index (χ1) is 44.2. The van der Waals surface area contributed by atoms with Gasteiger partial charge in [-0.05, 0) is 127 Å². The highest BCUT2D eigenvalue weighted by Crippen LogP contribution is 2.30. The van der Waals surface area contributed by atoms with E-state index in [4.69, 9.17) is 28.8 Å². The zero-order valence-electron chi connectivity index (χ0n) is 58.5. The lowest BCUT2D eigenvalue weighted by Crippen LogP contribution is -2.48. The van der Waals surface area contributed by atoms with Crippen LogP contribution < -0.4 is 27.5 Å². The van der Waals surface area contributed by atoms with Gasteiger partial charge in [-0.2, -0.15) is 0 Å². The second-order valence-electron chi connectivity index (χ2n) is 27.5. The molecule has 5 N–H and O–H groups in total. The number of quaternary nitrogens is 3. The molecule has 0 aliphatic heterocycles. The number of unbranched alkanes of at least 4 members (excludes halogenated alkanes) is 6. The molecule has 5 amide bonds. The molecular weight excluding hydrogens is 1250 g/mol. The van der Waals surface area contributed by atoms with E-state index < -0.39 is 53.7 Å². The minimum Gasteiger partial charge on any atom is -0.441 e. The van der Waals surface area contributed by atoms with Crippen LogP contribution in [0.5, 0.6) is 0 Å². The van der Waals surface area contributed by atoms with Crippen molar-refractivity contribution in [1.82, 2.24) is 25.8 Å². The Labute approximate surface area is 565 Å². The maximum Gasteiger partial charge on any atom is 0.519 e. The summed E-state index contributed by atoms with van der Waals surface area (Å²) in [5, 5.41) is 9.04. The summed E-state index contributed by atoms with van der Waals surface area (Å²) in [6, 6.07) is 0.923. The van der Waals surface area contributed by atoms with Crippen LogP contribution in [0.25, 0.3) is 0 Å². The lowest BCUT2D eigenvalue weighted by Gasteiger charge is -2.26. The van der Waals surface area contributed by atoms with E-state index in [1.807, 2.05) is 0 Å². The van der Waals surface area contributed by atoms with Crippen LogP contribution in [0.2, 0.25) is 0 Å². The summed E-state index contributed by atoms with van der Waals surface area (Å²) in [5.74, 6) is -3.24. The lowest BCUT2D eigenvalue weighted by molar-refractivity contribution is -0.870. The molecule has 0 spiro atoms. The first kappa shape index (κ1) is 84.2.